The maximum absolute atomic E-state index is 12.6. The zero-order valence-corrected chi connectivity index (χ0v) is 16.1. The van der Waals surface area contributed by atoms with Gasteiger partial charge in [-0.25, -0.2) is 9.97 Å². The molecule has 1 amide bonds. The van der Waals surface area contributed by atoms with E-state index in [1.807, 2.05) is 36.4 Å². The molecule has 29 heavy (non-hydrogen) atoms. The van der Waals surface area contributed by atoms with E-state index >= 15 is 0 Å². The molecule has 0 atom stereocenters. The van der Waals surface area contributed by atoms with Crippen LogP contribution >= 0.6 is 23.4 Å². The second-order valence-corrected chi connectivity index (χ2v) is 6.99. The highest BCUT2D eigenvalue weighted by molar-refractivity contribution is 7.99. The summed E-state index contributed by atoms with van der Waals surface area (Å²) in [7, 11) is 0. The van der Waals surface area contributed by atoms with Crippen molar-refractivity contribution in [1.82, 2.24) is 20.2 Å². The topological polar surface area (TPSA) is 83.6 Å². The zero-order valence-electron chi connectivity index (χ0n) is 14.6. The number of nitrogens with one attached hydrogen (secondary N) is 2. The van der Waals surface area contributed by atoms with Crippen LogP contribution < -0.4 is 5.32 Å². The summed E-state index contributed by atoms with van der Waals surface area (Å²) < 4.78 is 37.8. The second kappa shape index (κ2) is 9.10. The average molecular weight is 440 g/mol. The standard InChI is InChI=1S/C18H13ClF3N5OS/c19-13-8-12(18(20,21)22)9-23-16(13)25-15(28)10-29-17-24-14(26-27-17)7-6-11-4-2-1-3-5-11/h1-9H,10H2,(H,23,25,28)(H,24,26,27)/b7-6+. The lowest BCUT2D eigenvalue weighted by molar-refractivity contribution is -0.137. The molecule has 0 spiro atoms. The highest BCUT2D eigenvalue weighted by atomic mass is 35.5. The lowest BCUT2D eigenvalue weighted by atomic mass is 10.2. The summed E-state index contributed by atoms with van der Waals surface area (Å²) in [6.45, 7) is 0. The highest BCUT2D eigenvalue weighted by Crippen LogP contribution is 2.32. The molecule has 2 aromatic heterocycles. The van der Waals surface area contributed by atoms with Crippen molar-refractivity contribution in [3.05, 3.63) is 64.6 Å². The molecule has 0 aliphatic carbocycles. The number of anilines is 1. The molecular formula is C18H13ClF3N5OS. The number of amides is 1. The zero-order chi connectivity index (χ0) is 20.9. The second-order valence-electron chi connectivity index (χ2n) is 5.64. The Kier molecular flexibility index (Phi) is 6.55. The molecule has 0 bridgehead atoms. The number of halogens is 4. The van der Waals surface area contributed by atoms with Crippen molar-refractivity contribution >= 4 is 47.2 Å². The van der Waals surface area contributed by atoms with Crippen LogP contribution in [0.15, 0.2) is 47.8 Å². The number of hydrogen-bond acceptors (Lipinski definition) is 5. The fourth-order valence-electron chi connectivity index (χ4n) is 2.12. The van der Waals surface area contributed by atoms with Crippen LogP contribution in [-0.2, 0) is 11.0 Å². The van der Waals surface area contributed by atoms with Gasteiger partial charge in [0.25, 0.3) is 0 Å². The lowest BCUT2D eigenvalue weighted by Crippen LogP contribution is -2.16. The number of benzene rings is 1. The van der Waals surface area contributed by atoms with E-state index in [0.29, 0.717) is 23.2 Å². The van der Waals surface area contributed by atoms with Crippen LogP contribution in [0.4, 0.5) is 19.0 Å². The summed E-state index contributed by atoms with van der Waals surface area (Å²) in [4.78, 5) is 19.8. The summed E-state index contributed by atoms with van der Waals surface area (Å²) >= 11 is 6.82. The Morgan fingerprint density at radius 2 is 2.00 bits per heavy atom. The smallest absolute Gasteiger partial charge is 0.309 e. The van der Waals surface area contributed by atoms with Crippen molar-refractivity contribution in [2.24, 2.45) is 0 Å². The number of carbonyl (C=O) groups excluding carboxylic acids is 1. The van der Waals surface area contributed by atoms with Crippen molar-refractivity contribution < 1.29 is 18.0 Å². The van der Waals surface area contributed by atoms with E-state index in [-0.39, 0.29) is 16.6 Å². The molecule has 0 aliphatic heterocycles. The lowest BCUT2D eigenvalue weighted by Gasteiger charge is -2.09. The number of carbonyl (C=O) groups is 1. The Labute approximate surface area is 172 Å². The summed E-state index contributed by atoms with van der Waals surface area (Å²) in [6, 6.07) is 10.3. The molecular weight excluding hydrogens is 427 g/mol. The first-order valence-corrected chi connectivity index (χ1v) is 9.48. The quantitative estimate of drug-likeness (QED) is 0.540. The summed E-state index contributed by atoms with van der Waals surface area (Å²) in [6.07, 6.45) is -0.346. The van der Waals surface area contributed by atoms with Gasteiger partial charge in [0.05, 0.1) is 16.3 Å². The Bertz CT molecular complexity index is 1020. The Morgan fingerprint density at radius 1 is 1.24 bits per heavy atom. The molecule has 0 radical (unpaired) electrons. The van der Waals surface area contributed by atoms with E-state index in [9.17, 15) is 18.0 Å². The maximum atomic E-state index is 12.6. The van der Waals surface area contributed by atoms with E-state index in [1.165, 1.54) is 0 Å². The van der Waals surface area contributed by atoms with Gasteiger partial charge < -0.3 is 5.32 Å². The predicted octanol–water partition coefficient (Wildman–Crippen LogP) is 4.77. The van der Waals surface area contributed by atoms with E-state index < -0.39 is 17.6 Å². The number of aromatic amines is 1. The molecule has 150 valence electrons. The van der Waals surface area contributed by atoms with Gasteiger partial charge in [0.15, 0.2) is 5.82 Å². The maximum Gasteiger partial charge on any atom is 0.417 e. The molecule has 6 nitrogen and oxygen atoms in total. The summed E-state index contributed by atoms with van der Waals surface area (Å²) in [5.41, 5.74) is 0.00471. The fraction of sp³-hybridized carbons (Fsp3) is 0.111. The van der Waals surface area contributed by atoms with Gasteiger partial charge in [-0.3, -0.25) is 9.89 Å². The monoisotopic (exact) mass is 439 g/mol. The number of H-pyrrole nitrogens is 1. The van der Waals surface area contributed by atoms with Crippen LogP contribution in [0.5, 0.6) is 0 Å². The molecule has 2 N–H and O–H groups in total. The van der Waals surface area contributed by atoms with Gasteiger partial charge in [-0.15, -0.1) is 5.10 Å². The Hall–Kier alpha value is -2.85. The van der Waals surface area contributed by atoms with Crippen molar-refractivity contribution in [1.29, 1.82) is 0 Å². The SMILES string of the molecule is O=C(CSc1n[nH]c(/C=C/c2ccccc2)n1)Nc1ncc(C(F)(F)F)cc1Cl. The van der Waals surface area contributed by atoms with Crippen LogP contribution in [0, 0.1) is 0 Å². The highest BCUT2D eigenvalue weighted by Gasteiger charge is 2.31. The number of thioether (sulfide) groups is 1. The van der Waals surface area contributed by atoms with Gasteiger partial charge >= 0.3 is 6.18 Å². The largest absolute Gasteiger partial charge is 0.417 e. The van der Waals surface area contributed by atoms with Crippen LogP contribution in [0.1, 0.15) is 17.0 Å². The van der Waals surface area contributed by atoms with E-state index in [1.54, 1.807) is 6.08 Å². The van der Waals surface area contributed by atoms with Crippen LogP contribution in [0.2, 0.25) is 5.02 Å². The third-order valence-corrected chi connectivity index (χ3v) is 4.61. The molecule has 2 heterocycles. The number of nitrogens with zero attached hydrogens (tertiary/aromatic N) is 3. The molecule has 0 aliphatic rings. The van der Waals surface area contributed by atoms with E-state index in [2.05, 4.69) is 25.5 Å². The van der Waals surface area contributed by atoms with Gasteiger partial charge in [-0.05, 0) is 17.7 Å². The molecule has 3 aromatic rings. The fourth-order valence-corrected chi connectivity index (χ4v) is 2.94. The van der Waals surface area contributed by atoms with Crippen molar-refractivity contribution in [3.63, 3.8) is 0 Å². The van der Waals surface area contributed by atoms with E-state index in [4.69, 9.17) is 11.6 Å². The minimum atomic E-state index is -4.56. The number of alkyl halides is 3. The molecule has 0 saturated carbocycles. The Morgan fingerprint density at radius 3 is 2.69 bits per heavy atom. The third-order valence-electron chi connectivity index (χ3n) is 3.47. The molecule has 0 saturated heterocycles. The van der Waals surface area contributed by atoms with Gasteiger partial charge in [0.1, 0.15) is 5.82 Å². The van der Waals surface area contributed by atoms with E-state index in [0.717, 1.165) is 17.3 Å². The molecule has 11 heteroatoms. The van der Waals surface area contributed by atoms with Gasteiger partial charge in [0.2, 0.25) is 11.1 Å². The minimum absolute atomic E-state index is 0.0707. The van der Waals surface area contributed by atoms with Crippen LogP contribution in [-0.4, -0.2) is 31.8 Å². The minimum Gasteiger partial charge on any atom is -0.309 e. The van der Waals surface area contributed by atoms with Gasteiger partial charge in [-0.1, -0.05) is 59.8 Å². The molecule has 0 unspecified atom stereocenters. The summed E-state index contributed by atoms with van der Waals surface area (Å²) in [5, 5.41) is 9.14. The Balaban J connectivity index is 1.54. The molecule has 0 fully saturated rings. The van der Waals surface area contributed by atoms with Crippen LogP contribution in [0.3, 0.4) is 0 Å². The average Bonchev–Trinajstić information content (AvgIpc) is 3.14. The van der Waals surface area contributed by atoms with Crippen LogP contribution in [0.25, 0.3) is 12.2 Å². The third kappa shape index (κ3) is 6.06. The first-order chi connectivity index (χ1) is 13.8. The summed E-state index contributed by atoms with van der Waals surface area (Å²) in [5.74, 6) is -0.204. The normalized spacial score (nSPS) is 11.7. The molecule has 1 aromatic carbocycles. The van der Waals surface area contributed by atoms with Gasteiger partial charge in [-0.2, -0.15) is 13.2 Å². The first kappa shape index (κ1) is 20.9. The number of aromatic nitrogens is 4. The van der Waals surface area contributed by atoms with Crippen molar-refractivity contribution in [3.8, 4) is 0 Å². The number of hydrogen-bond donors (Lipinski definition) is 2. The number of pyridine rings is 1. The number of rotatable bonds is 6. The van der Waals surface area contributed by atoms with Crippen molar-refractivity contribution in [2.45, 2.75) is 11.3 Å². The predicted molar refractivity (Wildman–Crippen MR) is 105 cm³/mol. The first-order valence-electron chi connectivity index (χ1n) is 8.12. The van der Waals surface area contributed by atoms with Crippen molar-refractivity contribution in [2.75, 3.05) is 11.1 Å². The van der Waals surface area contributed by atoms with Gasteiger partial charge in [0, 0.05) is 6.20 Å². The molecule has 3 rings (SSSR count).